The second-order valence-electron chi connectivity index (χ2n) is 9.44. The van der Waals surface area contributed by atoms with E-state index in [0.29, 0.717) is 5.56 Å². The van der Waals surface area contributed by atoms with Crippen molar-refractivity contribution in [2.75, 3.05) is 0 Å². The van der Waals surface area contributed by atoms with Crippen LogP contribution in [-0.4, -0.2) is 4.57 Å². The number of para-hydroxylation sites is 2. The average Bonchev–Trinajstić information content (AvgIpc) is 3.58. The summed E-state index contributed by atoms with van der Waals surface area (Å²) in [5.74, 6) is 0. The summed E-state index contributed by atoms with van der Waals surface area (Å²) in [5, 5.41) is 4.13. The molecule has 2 heterocycles. The average molecular weight is 491 g/mol. The maximum Gasteiger partial charge on any atom is 0.135 e. The summed E-state index contributed by atoms with van der Waals surface area (Å²) < 4.78 is 49.5. The van der Waals surface area contributed by atoms with Crippen molar-refractivity contribution >= 4 is 43.7 Å². The van der Waals surface area contributed by atoms with Crippen LogP contribution < -0.4 is 0 Å². The van der Waals surface area contributed by atoms with Gasteiger partial charge in [0.05, 0.1) is 17.9 Å². The Morgan fingerprint density at radius 1 is 0.474 bits per heavy atom. The molecule has 0 amide bonds. The summed E-state index contributed by atoms with van der Waals surface area (Å²) in [7, 11) is 0. The standard InChI is InChI=1S/C36H23NO/c1-2-9-24(10-3-1)26-17-19-34-31(22-26)29-13-4-6-15-33(29)37(34)28-12-8-11-25(21-28)27-18-20-36-32(23-27)30-14-5-7-16-35(30)38-36/h1-23H/i1D,2D,3D,9D,10D. The molecule has 8 rings (SSSR count). The van der Waals surface area contributed by atoms with Crippen molar-refractivity contribution in [3.8, 4) is 27.9 Å². The minimum Gasteiger partial charge on any atom is -0.456 e. The molecule has 0 saturated heterocycles. The molecule has 38 heavy (non-hydrogen) atoms. The summed E-state index contributed by atoms with van der Waals surface area (Å²) >= 11 is 0. The van der Waals surface area contributed by atoms with Gasteiger partial charge in [0, 0.05) is 27.2 Å². The molecule has 0 aliphatic carbocycles. The third-order valence-corrected chi connectivity index (χ3v) is 7.28. The van der Waals surface area contributed by atoms with Gasteiger partial charge < -0.3 is 8.98 Å². The zero-order valence-corrected chi connectivity index (χ0v) is 20.2. The number of aromatic nitrogens is 1. The van der Waals surface area contributed by atoms with Crippen molar-refractivity contribution in [1.82, 2.24) is 4.57 Å². The zero-order valence-electron chi connectivity index (χ0n) is 25.2. The number of furan rings is 1. The Bertz CT molecular complexity index is 2390. The van der Waals surface area contributed by atoms with Crippen molar-refractivity contribution in [2.24, 2.45) is 0 Å². The first-order valence-electron chi connectivity index (χ1n) is 15.0. The lowest BCUT2D eigenvalue weighted by Crippen LogP contribution is -1.94. The van der Waals surface area contributed by atoms with Crippen LogP contribution in [0.2, 0.25) is 0 Å². The number of fused-ring (bicyclic) bond motifs is 6. The Morgan fingerprint density at radius 2 is 1.16 bits per heavy atom. The smallest absolute Gasteiger partial charge is 0.135 e. The third kappa shape index (κ3) is 3.21. The molecule has 0 fully saturated rings. The number of hydrogen-bond acceptors (Lipinski definition) is 1. The van der Waals surface area contributed by atoms with Gasteiger partial charge in [-0.15, -0.1) is 0 Å². The number of nitrogens with zero attached hydrogens (tertiary/aromatic N) is 1. The van der Waals surface area contributed by atoms with Crippen LogP contribution in [0.1, 0.15) is 6.85 Å². The van der Waals surface area contributed by atoms with Gasteiger partial charge in [-0.1, -0.05) is 90.9 Å². The van der Waals surface area contributed by atoms with Gasteiger partial charge in [-0.05, 0) is 70.8 Å². The summed E-state index contributed by atoms with van der Waals surface area (Å²) in [5.41, 5.74) is 7.66. The second-order valence-corrected chi connectivity index (χ2v) is 9.44. The highest BCUT2D eigenvalue weighted by molar-refractivity contribution is 6.10. The highest BCUT2D eigenvalue weighted by Gasteiger charge is 2.14. The van der Waals surface area contributed by atoms with Crippen molar-refractivity contribution < 1.29 is 11.3 Å². The Balaban J connectivity index is 1.32. The summed E-state index contributed by atoms with van der Waals surface area (Å²) in [6.07, 6.45) is 0. The lowest BCUT2D eigenvalue weighted by atomic mass is 10.0. The van der Waals surface area contributed by atoms with E-state index in [-0.39, 0.29) is 29.7 Å². The molecular formula is C36H23NO. The minimum absolute atomic E-state index is 0.203. The fourth-order valence-corrected chi connectivity index (χ4v) is 5.53. The van der Waals surface area contributed by atoms with Gasteiger partial charge in [-0.2, -0.15) is 0 Å². The maximum absolute atomic E-state index is 8.49. The van der Waals surface area contributed by atoms with E-state index < -0.39 is 6.04 Å². The van der Waals surface area contributed by atoms with Gasteiger partial charge in [0.25, 0.3) is 0 Å². The second kappa shape index (κ2) is 8.22. The van der Waals surface area contributed by atoms with Gasteiger partial charge in [0.1, 0.15) is 11.2 Å². The first-order chi connectivity index (χ1) is 20.9. The molecule has 6 aromatic carbocycles. The fraction of sp³-hybridized carbons (Fsp3) is 0. The Morgan fingerprint density at radius 3 is 2.08 bits per heavy atom. The predicted octanol–water partition coefficient (Wildman–Crippen LogP) is 10.0. The van der Waals surface area contributed by atoms with E-state index in [1.807, 2.05) is 54.6 Å². The van der Waals surface area contributed by atoms with Crippen LogP contribution in [-0.2, 0) is 0 Å². The molecule has 178 valence electrons. The molecule has 2 nitrogen and oxygen atoms in total. The van der Waals surface area contributed by atoms with Crippen LogP contribution in [0.5, 0.6) is 0 Å². The lowest BCUT2D eigenvalue weighted by Gasteiger charge is -2.11. The van der Waals surface area contributed by atoms with E-state index in [0.717, 1.165) is 60.6 Å². The molecule has 0 bridgehead atoms. The molecule has 8 aromatic rings. The molecule has 2 aromatic heterocycles. The fourth-order valence-electron chi connectivity index (χ4n) is 5.53. The molecule has 0 saturated carbocycles. The van der Waals surface area contributed by atoms with Crippen LogP contribution >= 0.6 is 0 Å². The van der Waals surface area contributed by atoms with Gasteiger partial charge in [-0.25, -0.2) is 0 Å². The van der Waals surface area contributed by atoms with Gasteiger partial charge in [-0.3, -0.25) is 0 Å². The summed E-state index contributed by atoms with van der Waals surface area (Å²) in [4.78, 5) is 0. The number of hydrogen-bond donors (Lipinski definition) is 0. The van der Waals surface area contributed by atoms with Crippen LogP contribution in [0.3, 0.4) is 0 Å². The van der Waals surface area contributed by atoms with E-state index in [4.69, 9.17) is 11.3 Å². The number of rotatable bonds is 3. The predicted molar refractivity (Wildman–Crippen MR) is 159 cm³/mol. The quantitative estimate of drug-likeness (QED) is 0.241. The van der Waals surface area contributed by atoms with E-state index in [1.165, 1.54) is 0 Å². The molecule has 0 spiro atoms. The highest BCUT2D eigenvalue weighted by atomic mass is 16.3. The normalized spacial score (nSPS) is 13.5. The SMILES string of the molecule is [2H]c1c([2H])c([2H])c(-c2ccc3c(c2)c2ccccc2n3-c2cccc(-c3ccc4oc5ccccc5c4c3)c2)c([2H])c1[2H]. The first kappa shape index (κ1) is 16.6. The minimum atomic E-state index is -0.392. The summed E-state index contributed by atoms with van der Waals surface area (Å²) in [6.45, 7) is 0. The molecule has 0 unspecified atom stereocenters. The topological polar surface area (TPSA) is 18.1 Å². The van der Waals surface area contributed by atoms with Crippen molar-refractivity contribution in [2.45, 2.75) is 0 Å². The molecule has 0 N–H and O–H groups in total. The van der Waals surface area contributed by atoms with Gasteiger partial charge in [0.2, 0.25) is 0 Å². The molecule has 0 aliphatic rings. The highest BCUT2D eigenvalue weighted by Crippen LogP contribution is 2.37. The molecule has 0 radical (unpaired) electrons. The van der Waals surface area contributed by atoms with E-state index in [9.17, 15) is 0 Å². The van der Waals surface area contributed by atoms with Crippen molar-refractivity contribution in [1.29, 1.82) is 0 Å². The lowest BCUT2D eigenvalue weighted by molar-refractivity contribution is 0.669. The first-order valence-corrected chi connectivity index (χ1v) is 12.5. The molecule has 0 atom stereocenters. The Hall–Kier alpha value is -5.08. The number of benzene rings is 6. The Kier molecular flexibility index (Phi) is 3.60. The zero-order chi connectivity index (χ0) is 29.4. The van der Waals surface area contributed by atoms with Crippen LogP contribution in [0.4, 0.5) is 0 Å². The third-order valence-electron chi connectivity index (χ3n) is 7.28. The monoisotopic (exact) mass is 490 g/mol. The maximum atomic E-state index is 8.49. The van der Waals surface area contributed by atoms with Crippen molar-refractivity contribution in [3.63, 3.8) is 0 Å². The largest absolute Gasteiger partial charge is 0.456 e. The van der Waals surface area contributed by atoms with Gasteiger partial charge >= 0.3 is 0 Å². The molecule has 0 aliphatic heterocycles. The summed E-state index contributed by atoms with van der Waals surface area (Å²) in [6, 6.07) is 35.2. The van der Waals surface area contributed by atoms with Crippen molar-refractivity contribution in [3.05, 3.63) is 139 Å². The molecule has 2 heteroatoms. The van der Waals surface area contributed by atoms with E-state index in [1.54, 1.807) is 0 Å². The van der Waals surface area contributed by atoms with Crippen LogP contribution in [0.25, 0.3) is 71.7 Å². The van der Waals surface area contributed by atoms with Crippen LogP contribution in [0, 0.1) is 0 Å². The van der Waals surface area contributed by atoms with Crippen LogP contribution in [0.15, 0.2) is 144 Å². The van der Waals surface area contributed by atoms with Gasteiger partial charge in [0.15, 0.2) is 0 Å². The molecular weight excluding hydrogens is 462 g/mol. The Labute approximate surface area is 227 Å². The van der Waals surface area contributed by atoms with E-state index >= 15 is 0 Å². The van der Waals surface area contributed by atoms with E-state index in [2.05, 4.69) is 59.2 Å².